The van der Waals surface area contributed by atoms with Crippen molar-refractivity contribution in [1.29, 1.82) is 0 Å². The van der Waals surface area contributed by atoms with Gasteiger partial charge in [0.25, 0.3) is 5.91 Å². The van der Waals surface area contributed by atoms with Gasteiger partial charge in [-0.15, -0.1) is 0 Å². The summed E-state index contributed by atoms with van der Waals surface area (Å²) in [7, 11) is 0. The lowest BCUT2D eigenvalue weighted by Gasteiger charge is -2.10. The maximum Gasteiger partial charge on any atom is 0.254 e. The molecule has 0 fully saturated rings. The van der Waals surface area contributed by atoms with E-state index in [0.29, 0.717) is 13.0 Å². The summed E-state index contributed by atoms with van der Waals surface area (Å²) in [4.78, 5) is 11.6. The molecule has 0 aliphatic heterocycles. The van der Waals surface area contributed by atoms with Crippen molar-refractivity contribution in [3.05, 3.63) is 29.6 Å². The average Bonchev–Trinajstić information content (AvgIpc) is 2.28. The third kappa shape index (κ3) is 4.03. The van der Waals surface area contributed by atoms with Crippen LogP contribution in [0.4, 0.5) is 4.39 Å². The highest BCUT2D eigenvalue weighted by Crippen LogP contribution is 2.14. The first-order valence-corrected chi connectivity index (χ1v) is 5.57. The van der Waals surface area contributed by atoms with Gasteiger partial charge in [0.2, 0.25) is 0 Å². The van der Waals surface area contributed by atoms with Crippen molar-refractivity contribution in [2.45, 2.75) is 25.8 Å². The Labute approximate surface area is 99.6 Å². The van der Waals surface area contributed by atoms with Gasteiger partial charge in [0.1, 0.15) is 11.6 Å². The van der Waals surface area contributed by atoms with Crippen LogP contribution >= 0.6 is 0 Å². The maximum atomic E-state index is 13.3. The van der Waals surface area contributed by atoms with E-state index in [4.69, 9.17) is 10.8 Å². The van der Waals surface area contributed by atoms with Crippen LogP contribution in [-0.2, 0) is 0 Å². The average molecular weight is 240 g/mol. The summed E-state index contributed by atoms with van der Waals surface area (Å²) in [5.41, 5.74) is 5.61. The lowest BCUT2D eigenvalue weighted by atomic mass is 10.1. The summed E-state index contributed by atoms with van der Waals surface area (Å²) in [6.07, 6.45) is 1.49. The number of phenolic OH excluding ortho intramolecular Hbond substituents is 1. The molecule has 1 atom stereocenters. The minimum absolute atomic E-state index is 0.0416. The number of amides is 1. The van der Waals surface area contributed by atoms with Gasteiger partial charge < -0.3 is 16.2 Å². The predicted octanol–water partition coefficient (Wildman–Crippen LogP) is 1.39. The van der Waals surface area contributed by atoms with E-state index in [0.717, 1.165) is 12.5 Å². The molecule has 94 valence electrons. The molecule has 1 amide bonds. The van der Waals surface area contributed by atoms with E-state index in [9.17, 15) is 9.18 Å². The second kappa shape index (κ2) is 6.20. The molecule has 0 saturated carbocycles. The van der Waals surface area contributed by atoms with Gasteiger partial charge in [-0.05, 0) is 25.0 Å². The Morgan fingerprint density at radius 1 is 1.59 bits per heavy atom. The SMILES string of the molecule is CCC(N)CCNC(=O)c1ccc(O)cc1F. The van der Waals surface area contributed by atoms with Crippen LogP contribution < -0.4 is 11.1 Å². The van der Waals surface area contributed by atoms with Crippen LogP contribution in [0, 0.1) is 5.82 Å². The number of rotatable bonds is 5. The van der Waals surface area contributed by atoms with Crippen molar-refractivity contribution < 1.29 is 14.3 Å². The number of phenols is 1. The van der Waals surface area contributed by atoms with E-state index >= 15 is 0 Å². The smallest absolute Gasteiger partial charge is 0.254 e. The third-order valence-electron chi connectivity index (χ3n) is 2.52. The zero-order chi connectivity index (χ0) is 12.8. The molecule has 0 aliphatic carbocycles. The van der Waals surface area contributed by atoms with Crippen LogP contribution in [0.1, 0.15) is 30.1 Å². The molecule has 0 saturated heterocycles. The van der Waals surface area contributed by atoms with Crippen LogP contribution in [0.5, 0.6) is 5.75 Å². The molecule has 0 aromatic heterocycles. The summed E-state index contributed by atoms with van der Waals surface area (Å²) in [5, 5.41) is 11.6. The molecule has 0 bridgehead atoms. The van der Waals surface area contributed by atoms with E-state index < -0.39 is 11.7 Å². The van der Waals surface area contributed by atoms with Gasteiger partial charge in [-0.1, -0.05) is 6.92 Å². The molecule has 1 rings (SSSR count). The van der Waals surface area contributed by atoms with Crippen molar-refractivity contribution in [3.63, 3.8) is 0 Å². The van der Waals surface area contributed by atoms with Crippen LogP contribution in [-0.4, -0.2) is 23.6 Å². The number of nitrogens with two attached hydrogens (primary N) is 1. The highest BCUT2D eigenvalue weighted by atomic mass is 19.1. The van der Waals surface area contributed by atoms with Crippen LogP contribution in [0.15, 0.2) is 18.2 Å². The van der Waals surface area contributed by atoms with E-state index in [1.165, 1.54) is 12.1 Å². The molecular formula is C12H17FN2O2. The fourth-order valence-corrected chi connectivity index (χ4v) is 1.36. The monoisotopic (exact) mass is 240 g/mol. The summed E-state index contributed by atoms with van der Waals surface area (Å²) >= 11 is 0. The Bertz CT molecular complexity index is 396. The fraction of sp³-hybridized carbons (Fsp3) is 0.417. The van der Waals surface area contributed by atoms with E-state index in [1.807, 2.05) is 6.92 Å². The highest BCUT2D eigenvalue weighted by Gasteiger charge is 2.11. The quantitative estimate of drug-likeness (QED) is 0.728. The zero-order valence-electron chi connectivity index (χ0n) is 9.74. The number of hydrogen-bond donors (Lipinski definition) is 3. The minimum Gasteiger partial charge on any atom is -0.508 e. The zero-order valence-corrected chi connectivity index (χ0v) is 9.74. The Balaban J connectivity index is 2.52. The molecule has 0 spiro atoms. The largest absolute Gasteiger partial charge is 0.508 e. The number of hydrogen-bond acceptors (Lipinski definition) is 3. The number of halogens is 1. The maximum absolute atomic E-state index is 13.3. The molecule has 1 unspecified atom stereocenters. The van der Waals surface area contributed by atoms with Crippen molar-refractivity contribution in [2.75, 3.05) is 6.54 Å². The standard InChI is InChI=1S/C12H17FN2O2/c1-2-8(14)5-6-15-12(17)10-4-3-9(16)7-11(10)13/h3-4,7-8,16H,2,5-6,14H2,1H3,(H,15,17). The normalized spacial score (nSPS) is 12.2. The van der Waals surface area contributed by atoms with Crippen LogP contribution in [0.3, 0.4) is 0 Å². The van der Waals surface area contributed by atoms with Crippen molar-refractivity contribution >= 4 is 5.91 Å². The lowest BCUT2D eigenvalue weighted by molar-refractivity contribution is 0.0948. The number of nitrogens with one attached hydrogen (secondary N) is 1. The predicted molar refractivity (Wildman–Crippen MR) is 63.3 cm³/mol. The molecule has 4 nitrogen and oxygen atoms in total. The number of benzene rings is 1. The first-order chi connectivity index (χ1) is 8.04. The molecule has 1 aromatic carbocycles. The first kappa shape index (κ1) is 13.4. The lowest BCUT2D eigenvalue weighted by Crippen LogP contribution is -2.30. The third-order valence-corrected chi connectivity index (χ3v) is 2.52. The van der Waals surface area contributed by atoms with E-state index in [-0.39, 0.29) is 17.4 Å². The minimum atomic E-state index is -0.734. The molecule has 4 N–H and O–H groups in total. The van der Waals surface area contributed by atoms with Gasteiger partial charge in [-0.3, -0.25) is 4.79 Å². The molecule has 1 aromatic rings. The highest BCUT2D eigenvalue weighted by molar-refractivity contribution is 5.94. The van der Waals surface area contributed by atoms with Crippen LogP contribution in [0.2, 0.25) is 0 Å². The summed E-state index contributed by atoms with van der Waals surface area (Å²) in [5.74, 6) is -1.43. The van der Waals surface area contributed by atoms with Gasteiger partial charge >= 0.3 is 0 Å². The first-order valence-electron chi connectivity index (χ1n) is 5.57. The Morgan fingerprint density at radius 2 is 2.29 bits per heavy atom. The summed E-state index contributed by atoms with van der Waals surface area (Å²) in [6, 6.07) is 3.47. The Hall–Kier alpha value is -1.62. The van der Waals surface area contributed by atoms with Gasteiger partial charge in [0.05, 0.1) is 5.56 Å². The Morgan fingerprint density at radius 3 is 2.88 bits per heavy atom. The van der Waals surface area contributed by atoms with Gasteiger partial charge in [-0.2, -0.15) is 0 Å². The fourth-order valence-electron chi connectivity index (χ4n) is 1.36. The second-order valence-corrected chi connectivity index (χ2v) is 3.88. The number of carbonyl (C=O) groups is 1. The Kier molecular flexibility index (Phi) is 4.90. The van der Waals surface area contributed by atoms with Gasteiger partial charge in [-0.25, -0.2) is 4.39 Å². The summed E-state index contributed by atoms with van der Waals surface area (Å²) in [6.45, 7) is 2.38. The molecule has 0 aliphatic rings. The summed E-state index contributed by atoms with van der Waals surface area (Å²) < 4.78 is 13.3. The van der Waals surface area contributed by atoms with Crippen molar-refractivity contribution in [3.8, 4) is 5.75 Å². The van der Waals surface area contributed by atoms with Crippen LogP contribution in [0.25, 0.3) is 0 Å². The molecule has 0 radical (unpaired) electrons. The number of aromatic hydroxyl groups is 1. The molecular weight excluding hydrogens is 223 g/mol. The van der Waals surface area contributed by atoms with Crippen molar-refractivity contribution in [1.82, 2.24) is 5.32 Å². The molecule has 17 heavy (non-hydrogen) atoms. The number of carbonyl (C=O) groups excluding carboxylic acids is 1. The van der Waals surface area contributed by atoms with Gasteiger partial charge in [0, 0.05) is 18.7 Å². The van der Waals surface area contributed by atoms with E-state index in [2.05, 4.69) is 5.32 Å². The molecule has 5 heteroatoms. The molecule has 0 heterocycles. The van der Waals surface area contributed by atoms with Crippen molar-refractivity contribution in [2.24, 2.45) is 5.73 Å². The van der Waals surface area contributed by atoms with Gasteiger partial charge in [0.15, 0.2) is 0 Å². The topological polar surface area (TPSA) is 75.3 Å². The van der Waals surface area contributed by atoms with E-state index in [1.54, 1.807) is 0 Å². The second-order valence-electron chi connectivity index (χ2n) is 3.88.